The predicted octanol–water partition coefficient (Wildman–Crippen LogP) is 4.63. The summed E-state index contributed by atoms with van der Waals surface area (Å²) in [5, 5.41) is 3.46. The molecule has 2 nitrogen and oxygen atoms in total. The molecule has 0 saturated carbocycles. The van der Waals surface area contributed by atoms with Gasteiger partial charge in [-0.25, -0.2) is 0 Å². The van der Waals surface area contributed by atoms with Gasteiger partial charge < -0.3 is 10.1 Å². The Morgan fingerprint density at radius 1 is 1.11 bits per heavy atom. The van der Waals surface area contributed by atoms with Gasteiger partial charge in [-0.15, -0.1) is 0 Å². The minimum Gasteiger partial charge on any atom is -0.497 e. The number of hydrogen-bond donors (Lipinski definition) is 1. The Bertz CT molecular complexity index is 513. The Morgan fingerprint density at radius 3 is 2.50 bits per heavy atom. The van der Waals surface area contributed by atoms with Crippen LogP contribution in [0.25, 0.3) is 0 Å². The van der Waals surface area contributed by atoms with E-state index in [4.69, 9.17) is 4.74 Å². The lowest BCUT2D eigenvalue weighted by atomic mass is 10.1. The molecule has 18 heavy (non-hydrogen) atoms. The average molecular weight is 306 g/mol. The van der Waals surface area contributed by atoms with Gasteiger partial charge in [0.15, 0.2) is 0 Å². The SMILES string of the molecule is COc1cc(Br)cc(NC(C)c2ccccc2)c1. The van der Waals surface area contributed by atoms with Crippen LogP contribution >= 0.6 is 15.9 Å². The number of halogens is 1. The Kier molecular flexibility index (Phi) is 4.26. The molecule has 0 aliphatic carbocycles. The summed E-state index contributed by atoms with van der Waals surface area (Å²) in [6.45, 7) is 2.14. The van der Waals surface area contributed by atoms with Crippen LogP contribution in [-0.4, -0.2) is 7.11 Å². The van der Waals surface area contributed by atoms with E-state index in [9.17, 15) is 0 Å². The lowest BCUT2D eigenvalue weighted by Gasteiger charge is -2.16. The number of methoxy groups -OCH3 is 1. The van der Waals surface area contributed by atoms with Crippen molar-refractivity contribution in [1.29, 1.82) is 0 Å². The minimum atomic E-state index is 0.255. The summed E-state index contributed by atoms with van der Waals surface area (Å²) >= 11 is 3.48. The summed E-state index contributed by atoms with van der Waals surface area (Å²) in [6, 6.07) is 16.6. The molecule has 0 aliphatic rings. The maximum atomic E-state index is 5.25. The van der Waals surface area contributed by atoms with Crippen LogP contribution in [0.2, 0.25) is 0 Å². The topological polar surface area (TPSA) is 21.3 Å². The maximum absolute atomic E-state index is 5.25. The third kappa shape index (κ3) is 3.26. The molecule has 94 valence electrons. The largest absolute Gasteiger partial charge is 0.497 e. The van der Waals surface area contributed by atoms with E-state index < -0.39 is 0 Å². The fourth-order valence-electron chi connectivity index (χ4n) is 1.84. The van der Waals surface area contributed by atoms with Gasteiger partial charge in [-0.1, -0.05) is 46.3 Å². The fourth-order valence-corrected chi connectivity index (χ4v) is 2.31. The number of anilines is 1. The van der Waals surface area contributed by atoms with Gasteiger partial charge in [-0.05, 0) is 24.6 Å². The summed E-state index contributed by atoms with van der Waals surface area (Å²) in [6.07, 6.45) is 0. The van der Waals surface area contributed by atoms with Crippen molar-refractivity contribution in [2.45, 2.75) is 13.0 Å². The second kappa shape index (κ2) is 5.91. The molecule has 0 aromatic heterocycles. The van der Waals surface area contributed by atoms with Gasteiger partial charge in [0, 0.05) is 22.3 Å². The zero-order chi connectivity index (χ0) is 13.0. The van der Waals surface area contributed by atoms with E-state index >= 15 is 0 Å². The minimum absolute atomic E-state index is 0.255. The van der Waals surface area contributed by atoms with E-state index in [1.807, 2.05) is 24.3 Å². The molecule has 0 fully saturated rings. The van der Waals surface area contributed by atoms with Crippen molar-refractivity contribution in [3.63, 3.8) is 0 Å². The molecular formula is C15H16BrNO. The molecule has 0 aliphatic heterocycles. The van der Waals surface area contributed by atoms with Gasteiger partial charge >= 0.3 is 0 Å². The number of benzene rings is 2. The van der Waals surface area contributed by atoms with Crippen LogP contribution < -0.4 is 10.1 Å². The molecule has 2 aromatic rings. The van der Waals surface area contributed by atoms with Crippen molar-refractivity contribution in [2.75, 3.05) is 12.4 Å². The van der Waals surface area contributed by atoms with E-state index in [-0.39, 0.29) is 6.04 Å². The maximum Gasteiger partial charge on any atom is 0.122 e. The molecule has 0 spiro atoms. The van der Waals surface area contributed by atoms with Crippen LogP contribution in [0.1, 0.15) is 18.5 Å². The van der Waals surface area contributed by atoms with E-state index in [2.05, 4.69) is 52.4 Å². The van der Waals surface area contributed by atoms with Crippen LogP contribution in [0.4, 0.5) is 5.69 Å². The van der Waals surface area contributed by atoms with Crippen molar-refractivity contribution < 1.29 is 4.74 Å². The molecule has 1 N–H and O–H groups in total. The molecule has 2 aromatic carbocycles. The van der Waals surface area contributed by atoms with Crippen molar-refractivity contribution in [3.8, 4) is 5.75 Å². The predicted molar refractivity (Wildman–Crippen MR) is 79.2 cm³/mol. The molecule has 1 unspecified atom stereocenters. The summed E-state index contributed by atoms with van der Waals surface area (Å²) in [5.74, 6) is 0.840. The quantitative estimate of drug-likeness (QED) is 0.889. The summed E-state index contributed by atoms with van der Waals surface area (Å²) in [5.41, 5.74) is 2.30. The first-order chi connectivity index (χ1) is 8.69. The fraction of sp³-hybridized carbons (Fsp3) is 0.200. The van der Waals surface area contributed by atoms with E-state index in [0.29, 0.717) is 0 Å². The van der Waals surface area contributed by atoms with Crippen LogP contribution in [0.15, 0.2) is 53.0 Å². The second-order valence-corrected chi connectivity index (χ2v) is 5.07. The van der Waals surface area contributed by atoms with Gasteiger partial charge in [-0.2, -0.15) is 0 Å². The molecule has 0 saturated heterocycles. The highest BCUT2D eigenvalue weighted by atomic mass is 79.9. The van der Waals surface area contributed by atoms with Gasteiger partial charge in [0.05, 0.1) is 7.11 Å². The third-order valence-corrected chi connectivity index (χ3v) is 3.25. The molecule has 2 rings (SSSR count). The first-order valence-electron chi connectivity index (χ1n) is 5.85. The molecule has 0 radical (unpaired) electrons. The van der Waals surface area contributed by atoms with Crippen molar-refractivity contribution in [1.82, 2.24) is 0 Å². The number of hydrogen-bond acceptors (Lipinski definition) is 2. The molecule has 0 heterocycles. The molecule has 0 amide bonds. The highest BCUT2D eigenvalue weighted by Gasteiger charge is 2.06. The zero-order valence-corrected chi connectivity index (χ0v) is 12.1. The van der Waals surface area contributed by atoms with Crippen LogP contribution in [0.3, 0.4) is 0 Å². The second-order valence-electron chi connectivity index (χ2n) is 4.16. The number of rotatable bonds is 4. The summed E-state index contributed by atoms with van der Waals surface area (Å²) in [4.78, 5) is 0. The summed E-state index contributed by atoms with van der Waals surface area (Å²) < 4.78 is 6.26. The monoisotopic (exact) mass is 305 g/mol. The van der Waals surface area contributed by atoms with Crippen molar-refractivity contribution >= 4 is 21.6 Å². The van der Waals surface area contributed by atoms with Crippen molar-refractivity contribution in [2.24, 2.45) is 0 Å². The highest BCUT2D eigenvalue weighted by Crippen LogP contribution is 2.27. The lowest BCUT2D eigenvalue weighted by Crippen LogP contribution is -2.06. The van der Waals surface area contributed by atoms with Gasteiger partial charge in [-0.3, -0.25) is 0 Å². The van der Waals surface area contributed by atoms with Crippen molar-refractivity contribution in [3.05, 3.63) is 58.6 Å². The highest BCUT2D eigenvalue weighted by molar-refractivity contribution is 9.10. The first kappa shape index (κ1) is 13.0. The smallest absolute Gasteiger partial charge is 0.122 e. The standard InChI is InChI=1S/C15H16BrNO/c1-11(12-6-4-3-5-7-12)17-14-8-13(16)9-15(10-14)18-2/h3-11,17H,1-2H3. The molecule has 3 heteroatoms. The van der Waals surface area contributed by atoms with E-state index in [1.165, 1.54) is 5.56 Å². The average Bonchev–Trinajstić information content (AvgIpc) is 2.39. The third-order valence-electron chi connectivity index (χ3n) is 2.79. The van der Waals surface area contributed by atoms with E-state index in [0.717, 1.165) is 15.9 Å². The molecule has 0 bridgehead atoms. The normalized spacial score (nSPS) is 11.9. The Morgan fingerprint density at radius 2 is 1.83 bits per heavy atom. The Hall–Kier alpha value is -1.48. The molecular weight excluding hydrogens is 290 g/mol. The number of nitrogens with one attached hydrogen (secondary N) is 1. The van der Waals surface area contributed by atoms with Crippen LogP contribution in [-0.2, 0) is 0 Å². The number of ether oxygens (including phenoxy) is 1. The van der Waals surface area contributed by atoms with Gasteiger partial charge in [0.1, 0.15) is 5.75 Å². The Balaban J connectivity index is 2.16. The van der Waals surface area contributed by atoms with Crippen LogP contribution in [0.5, 0.6) is 5.75 Å². The van der Waals surface area contributed by atoms with Gasteiger partial charge in [0.2, 0.25) is 0 Å². The molecule has 1 atom stereocenters. The summed E-state index contributed by atoms with van der Waals surface area (Å²) in [7, 11) is 1.67. The van der Waals surface area contributed by atoms with Gasteiger partial charge in [0.25, 0.3) is 0 Å². The zero-order valence-electron chi connectivity index (χ0n) is 10.5. The first-order valence-corrected chi connectivity index (χ1v) is 6.64. The lowest BCUT2D eigenvalue weighted by molar-refractivity contribution is 0.414. The van der Waals surface area contributed by atoms with Crippen LogP contribution in [0, 0.1) is 0 Å². The Labute approximate surface area is 116 Å². The van der Waals surface area contributed by atoms with E-state index in [1.54, 1.807) is 7.11 Å².